The number of anilines is 2. The number of amides is 2. The number of esters is 1. The molecule has 1 fully saturated rings. The Morgan fingerprint density at radius 3 is 2.64 bits per heavy atom. The SMILES string of the molecule is CNC(=O)c1ccc(Nc2cccc(C#CC3(O)CCN(C)C3=O)c2)c(C(=N)C(=O)OC)c1. The lowest BCUT2D eigenvalue weighted by Gasteiger charge is -2.14. The molecule has 4 N–H and O–H groups in total. The highest BCUT2D eigenvalue weighted by molar-refractivity contribution is 6.43. The van der Waals surface area contributed by atoms with E-state index in [0.29, 0.717) is 23.5 Å². The summed E-state index contributed by atoms with van der Waals surface area (Å²) in [6.45, 7) is 0.437. The van der Waals surface area contributed by atoms with Crippen molar-refractivity contribution in [3.63, 3.8) is 0 Å². The molecule has 1 aliphatic rings. The van der Waals surface area contributed by atoms with Crippen molar-refractivity contribution < 1.29 is 24.2 Å². The van der Waals surface area contributed by atoms with Crippen LogP contribution in [0.1, 0.15) is 27.9 Å². The van der Waals surface area contributed by atoms with E-state index in [-0.39, 0.29) is 23.5 Å². The molecule has 0 saturated carbocycles. The first kappa shape index (κ1) is 23.5. The number of aliphatic hydroxyl groups is 1. The van der Waals surface area contributed by atoms with Crippen LogP contribution in [0.15, 0.2) is 42.5 Å². The zero-order valence-corrected chi connectivity index (χ0v) is 18.5. The zero-order valence-electron chi connectivity index (χ0n) is 18.5. The van der Waals surface area contributed by atoms with Crippen LogP contribution in [0, 0.1) is 17.3 Å². The fourth-order valence-corrected chi connectivity index (χ4v) is 3.33. The summed E-state index contributed by atoms with van der Waals surface area (Å²) in [5, 5.41) is 24.3. The second kappa shape index (κ2) is 9.54. The third-order valence-corrected chi connectivity index (χ3v) is 5.23. The van der Waals surface area contributed by atoms with Crippen LogP contribution >= 0.6 is 0 Å². The number of benzene rings is 2. The molecule has 0 aliphatic carbocycles. The van der Waals surface area contributed by atoms with E-state index in [9.17, 15) is 19.5 Å². The van der Waals surface area contributed by atoms with Gasteiger partial charge in [0.2, 0.25) is 5.60 Å². The number of ether oxygens (including phenoxy) is 1. The number of rotatable bonds is 5. The van der Waals surface area contributed by atoms with Crippen molar-refractivity contribution in [2.45, 2.75) is 12.0 Å². The minimum Gasteiger partial charge on any atom is -0.464 e. The molecule has 1 aliphatic heterocycles. The van der Waals surface area contributed by atoms with Crippen LogP contribution in [-0.2, 0) is 14.3 Å². The Hall–Kier alpha value is -4.16. The topological polar surface area (TPSA) is 132 Å². The molecule has 170 valence electrons. The predicted octanol–water partition coefficient (Wildman–Crippen LogP) is 1.28. The number of carbonyl (C=O) groups is 3. The summed E-state index contributed by atoms with van der Waals surface area (Å²) >= 11 is 0. The van der Waals surface area contributed by atoms with E-state index in [1.807, 2.05) is 0 Å². The van der Waals surface area contributed by atoms with Crippen LogP contribution in [0.25, 0.3) is 0 Å². The fraction of sp³-hybridized carbons (Fsp3) is 0.250. The largest absolute Gasteiger partial charge is 0.464 e. The number of likely N-dealkylation sites (N-methyl/N-ethyl adjacent to an activating group) is 1. The first-order valence-corrected chi connectivity index (χ1v) is 10.1. The molecule has 0 radical (unpaired) electrons. The smallest absolute Gasteiger partial charge is 0.356 e. The van der Waals surface area contributed by atoms with Gasteiger partial charge in [-0.15, -0.1) is 0 Å². The highest BCUT2D eigenvalue weighted by Gasteiger charge is 2.42. The molecular weight excluding hydrogens is 424 g/mol. The highest BCUT2D eigenvalue weighted by Crippen LogP contribution is 2.25. The maximum atomic E-state index is 12.1. The average molecular weight is 448 g/mol. The van der Waals surface area contributed by atoms with E-state index >= 15 is 0 Å². The zero-order chi connectivity index (χ0) is 24.2. The molecule has 1 atom stereocenters. The van der Waals surface area contributed by atoms with Gasteiger partial charge in [0.15, 0.2) is 0 Å². The molecule has 3 rings (SSSR count). The lowest BCUT2D eigenvalue weighted by Crippen LogP contribution is -2.37. The van der Waals surface area contributed by atoms with Gasteiger partial charge < -0.3 is 25.4 Å². The van der Waals surface area contributed by atoms with Gasteiger partial charge in [-0.2, -0.15) is 0 Å². The fourth-order valence-electron chi connectivity index (χ4n) is 3.33. The normalized spacial score (nSPS) is 17.1. The number of methoxy groups -OCH3 is 1. The summed E-state index contributed by atoms with van der Waals surface area (Å²) in [5.41, 5.74) is -0.0738. The summed E-state index contributed by atoms with van der Waals surface area (Å²) in [4.78, 5) is 37.5. The van der Waals surface area contributed by atoms with Gasteiger partial charge in [0.25, 0.3) is 11.8 Å². The van der Waals surface area contributed by atoms with Crippen LogP contribution in [0.4, 0.5) is 11.4 Å². The van der Waals surface area contributed by atoms with Crippen molar-refractivity contribution in [1.29, 1.82) is 5.41 Å². The molecule has 9 nitrogen and oxygen atoms in total. The molecule has 33 heavy (non-hydrogen) atoms. The maximum Gasteiger partial charge on any atom is 0.356 e. The Morgan fingerprint density at radius 1 is 1.24 bits per heavy atom. The maximum absolute atomic E-state index is 12.1. The Labute approximate surface area is 191 Å². The number of nitrogens with one attached hydrogen (secondary N) is 3. The van der Waals surface area contributed by atoms with E-state index in [1.165, 1.54) is 25.1 Å². The second-order valence-corrected chi connectivity index (χ2v) is 7.50. The molecule has 1 heterocycles. The lowest BCUT2D eigenvalue weighted by atomic mass is 10.0. The number of hydrogen-bond acceptors (Lipinski definition) is 7. The number of hydrogen-bond donors (Lipinski definition) is 4. The van der Waals surface area contributed by atoms with Crippen molar-refractivity contribution >= 4 is 34.9 Å². The molecule has 2 amide bonds. The van der Waals surface area contributed by atoms with Gasteiger partial charge in [-0.05, 0) is 36.4 Å². The van der Waals surface area contributed by atoms with E-state index < -0.39 is 23.2 Å². The Morgan fingerprint density at radius 2 is 2.00 bits per heavy atom. The molecule has 1 saturated heterocycles. The van der Waals surface area contributed by atoms with Crippen molar-refractivity contribution in [3.8, 4) is 11.8 Å². The van der Waals surface area contributed by atoms with Crippen molar-refractivity contribution in [2.75, 3.05) is 33.1 Å². The molecule has 2 aromatic rings. The minimum atomic E-state index is -1.70. The van der Waals surface area contributed by atoms with Gasteiger partial charge in [-0.3, -0.25) is 15.0 Å². The Kier molecular flexibility index (Phi) is 6.80. The Bertz CT molecular complexity index is 1200. The number of likely N-dealkylation sites (tertiary alicyclic amines) is 1. The molecule has 9 heteroatoms. The van der Waals surface area contributed by atoms with E-state index in [2.05, 4.69) is 27.2 Å². The van der Waals surface area contributed by atoms with E-state index in [0.717, 1.165) is 0 Å². The summed E-state index contributed by atoms with van der Waals surface area (Å²) in [6.07, 6.45) is 0.240. The van der Waals surface area contributed by atoms with Gasteiger partial charge in [0.05, 0.1) is 7.11 Å². The summed E-state index contributed by atoms with van der Waals surface area (Å²) in [5.74, 6) is 3.89. The number of nitrogens with zero attached hydrogens (tertiary/aromatic N) is 1. The molecule has 2 aromatic carbocycles. The first-order valence-electron chi connectivity index (χ1n) is 10.1. The third kappa shape index (κ3) is 5.02. The van der Waals surface area contributed by atoms with E-state index in [1.54, 1.807) is 43.4 Å². The average Bonchev–Trinajstić information content (AvgIpc) is 3.09. The molecule has 1 unspecified atom stereocenters. The van der Waals surface area contributed by atoms with Crippen LogP contribution in [0.3, 0.4) is 0 Å². The number of carbonyl (C=O) groups excluding carboxylic acids is 3. The summed E-state index contributed by atoms with van der Waals surface area (Å²) in [7, 11) is 4.28. The first-order chi connectivity index (χ1) is 15.7. The van der Waals surface area contributed by atoms with Crippen molar-refractivity contribution in [3.05, 3.63) is 59.2 Å². The molecule has 0 bridgehead atoms. The highest BCUT2D eigenvalue weighted by atomic mass is 16.5. The summed E-state index contributed by atoms with van der Waals surface area (Å²) < 4.78 is 4.66. The quantitative estimate of drug-likeness (QED) is 0.310. The standard InChI is InChI=1S/C24H24N4O5/c1-26-21(29)16-7-8-19(18(14-16)20(25)22(30)33-3)27-17-6-4-5-15(13-17)9-10-24(32)11-12-28(2)23(24)31/h4-8,13-14,25,27,32H,11-12H2,1-3H3,(H,26,29). The van der Waals surface area contributed by atoms with Crippen LogP contribution in [0.2, 0.25) is 0 Å². The summed E-state index contributed by atoms with van der Waals surface area (Å²) in [6, 6.07) is 11.5. The Balaban J connectivity index is 1.92. The van der Waals surface area contributed by atoms with Crippen LogP contribution < -0.4 is 10.6 Å². The molecular formula is C24H24N4O5. The van der Waals surface area contributed by atoms with Gasteiger partial charge in [-0.25, -0.2) is 4.79 Å². The lowest BCUT2D eigenvalue weighted by molar-refractivity contribution is -0.137. The van der Waals surface area contributed by atoms with Gasteiger partial charge in [0.1, 0.15) is 5.71 Å². The van der Waals surface area contributed by atoms with Gasteiger partial charge in [0, 0.05) is 55.1 Å². The molecule has 0 aromatic heterocycles. The third-order valence-electron chi connectivity index (χ3n) is 5.23. The van der Waals surface area contributed by atoms with Gasteiger partial charge in [-0.1, -0.05) is 17.9 Å². The van der Waals surface area contributed by atoms with E-state index in [4.69, 9.17) is 5.41 Å². The predicted molar refractivity (Wildman–Crippen MR) is 122 cm³/mol. The second-order valence-electron chi connectivity index (χ2n) is 7.50. The monoisotopic (exact) mass is 448 g/mol. The van der Waals surface area contributed by atoms with Crippen molar-refractivity contribution in [1.82, 2.24) is 10.2 Å². The van der Waals surface area contributed by atoms with Crippen LogP contribution in [0.5, 0.6) is 0 Å². The minimum absolute atomic E-state index is 0.188. The molecule has 0 spiro atoms. The van der Waals surface area contributed by atoms with Crippen LogP contribution in [-0.4, -0.2) is 66.9 Å². The van der Waals surface area contributed by atoms with Gasteiger partial charge >= 0.3 is 5.97 Å². The van der Waals surface area contributed by atoms with Crippen molar-refractivity contribution in [2.24, 2.45) is 0 Å².